The Hall–Kier alpha value is -2.54. The maximum atomic E-state index is 13.1. The molecule has 110 valence electrons. The maximum absolute atomic E-state index is 13.1. The van der Waals surface area contributed by atoms with Crippen molar-refractivity contribution in [1.29, 1.82) is 0 Å². The lowest BCUT2D eigenvalue weighted by Crippen LogP contribution is -2.28. The van der Waals surface area contributed by atoms with Gasteiger partial charge in [0.1, 0.15) is 11.6 Å². The summed E-state index contributed by atoms with van der Waals surface area (Å²) < 4.78 is 18.0. The molecule has 2 aromatic rings. The summed E-state index contributed by atoms with van der Waals surface area (Å²) in [6.07, 6.45) is 0. The van der Waals surface area contributed by atoms with Crippen LogP contribution < -0.4 is 10.6 Å². The Labute approximate surface area is 123 Å². The predicted octanol–water partition coefficient (Wildman–Crippen LogP) is 3.09. The van der Waals surface area contributed by atoms with Crippen molar-refractivity contribution in [2.75, 3.05) is 5.32 Å². The van der Waals surface area contributed by atoms with Crippen molar-refractivity contribution in [3.63, 3.8) is 0 Å². The number of benzene rings is 1. The molecule has 0 saturated heterocycles. The smallest absolute Gasteiger partial charge is 0.371 e. The molecule has 0 atom stereocenters. The van der Waals surface area contributed by atoms with E-state index in [-0.39, 0.29) is 28.8 Å². The standard InChI is InChI=1S/C13H10ClFN2O4/c14-7-3-8(15)5-9(4-7)17-13(20)16-6-10-1-2-11(21-10)12(18)19/h1-5H,6H2,(H,18,19)(H2,16,17,20). The van der Waals surface area contributed by atoms with Crippen molar-refractivity contribution < 1.29 is 23.5 Å². The molecule has 3 N–H and O–H groups in total. The highest BCUT2D eigenvalue weighted by molar-refractivity contribution is 6.30. The van der Waals surface area contributed by atoms with Gasteiger partial charge in [0.25, 0.3) is 0 Å². The van der Waals surface area contributed by atoms with Gasteiger partial charge in [0, 0.05) is 10.7 Å². The summed E-state index contributed by atoms with van der Waals surface area (Å²) in [5, 5.41) is 13.7. The number of rotatable bonds is 4. The van der Waals surface area contributed by atoms with Crippen LogP contribution in [0.25, 0.3) is 0 Å². The largest absolute Gasteiger partial charge is 0.475 e. The van der Waals surface area contributed by atoms with Crippen LogP contribution in [0.3, 0.4) is 0 Å². The Morgan fingerprint density at radius 2 is 2.05 bits per heavy atom. The molecular weight excluding hydrogens is 303 g/mol. The molecule has 1 aromatic carbocycles. The van der Waals surface area contributed by atoms with Crippen LogP contribution in [0.4, 0.5) is 14.9 Å². The van der Waals surface area contributed by atoms with Crippen LogP contribution >= 0.6 is 11.6 Å². The molecule has 2 rings (SSSR count). The second-order valence-corrected chi connectivity index (χ2v) is 4.47. The number of amides is 2. The number of hydrogen-bond donors (Lipinski definition) is 3. The molecule has 6 nitrogen and oxygen atoms in total. The van der Waals surface area contributed by atoms with Crippen LogP contribution in [-0.4, -0.2) is 17.1 Å². The molecule has 8 heteroatoms. The van der Waals surface area contributed by atoms with Gasteiger partial charge in [-0.3, -0.25) is 0 Å². The number of carbonyl (C=O) groups excluding carboxylic acids is 1. The van der Waals surface area contributed by atoms with Crippen LogP contribution in [0, 0.1) is 5.82 Å². The number of furan rings is 1. The van der Waals surface area contributed by atoms with Crippen LogP contribution in [0.15, 0.2) is 34.7 Å². The Balaban J connectivity index is 1.90. The molecule has 0 radical (unpaired) electrons. The first-order valence-corrected chi connectivity index (χ1v) is 6.15. The van der Waals surface area contributed by atoms with Gasteiger partial charge in [0.15, 0.2) is 0 Å². The van der Waals surface area contributed by atoms with Gasteiger partial charge < -0.3 is 20.2 Å². The van der Waals surface area contributed by atoms with Crippen LogP contribution in [0.2, 0.25) is 5.02 Å². The highest BCUT2D eigenvalue weighted by Gasteiger charge is 2.10. The number of urea groups is 1. The molecule has 0 saturated carbocycles. The van der Waals surface area contributed by atoms with Crippen molar-refractivity contribution in [3.05, 3.63) is 52.7 Å². The normalized spacial score (nSPS) is 10.2. The van der Waals surface area contributed by atoms with E-state index in [0.29, 0.717) is 0 Å². The summed E-state index contributed by atoms with van der Waals surface area (Å²) in [4.78, 5) is 22.2. The van der Waals surface area contributed by atoms with Gasteiger partial charge in [0.2, 0.25) is 5.76 Å². The molecule has 0 spiro atoms. The first kappa shape index (κ1) is 14.9. The van der Waals surface area contributed by atoms with Crippen LogP contribution in [-0.2, 0) is 6.54 Å². The maximum Gasteiger partial charge on any atom is 0.371 e. The first-order valence-electron chi connectivity index (χ1n) is 5.77. The van der Waals surface area contributed by atoms with E-state index in [2.05, 4.69) is 10.6 Å². The number of carboxylic acid groups (broad SMARTS) is 1. The van der Waals surface area contributed by atoms with Crippen molar-refractivity contribution in [3.8, 4) is 0 Å². The summed E-state index contributed by atoms with van der Waals surface area (Å²) >= 11 is 5.66. The molecule has 0 aliphatic carbocycles. The van der Waals surface area contributed by atoms with E-state index in [1.165, 1.54) is 18.2 Å². The Bertz CT molecular complexity index is 666. The zero-order chi connectivity index (χ0) is 15.4. The van der Waals surface area contributed by atoms with E-state index in [9.17, 15) is 14.0 Å². The van der Waals surface area contributed by atoms with Gasteiger partial charge in [0.05, 0.1) is 6.54 Å². The van der Waals surface area contributed by atoms with Gasteiger partial charge >= 0.3 is 12.0 Å². The minimum atomic E-state index is -1.19. The molecule has 1 heterocycles. The van der Waals surface area contributed by atoms with E-state index in [1.54, 1.807) is 0 Å². The molecule has 0 aliphatic rings. The number of aromatic carboxylic acids is 1. The molecule has 0 bridgehead atoms. The molecule has 21 heavy (non-hydrogen) atoms. The lowest BCUT2D eigenvalue weighted by molar-refractivity contribution is 0.0660. The molecular formula is C13H10ClFN2O4. The Morgan fingerprint density at radius 1 is 1.29 bits per heavy atom. The van der Waals surface area contributed by atoms with Gasteiger partial charge in [-0.2, -0.15) is 0 Å². The minimum Gasteiger partial charge on any atom is -0.475 e. The second kappa shape index (κ2) is 6.27. The van der Waals surface area contributed by atoms with Crippen molar-refractivity contribution in [2.45, 2.75) is 6.54 Å². The second-order valence-electron chi connectivity index (χ2n) is 4.04. The van der Waals surface area contributed by atoms with Crippen molar-refractivity contribution in [2.24, 2.45) is 0 Å². The van der Waals surface area contributed by atoms with Gasteiger partial charge in [-0.15, -0.1) is 0 Å². The van der Waals surface area contributed by atoms with E-state index in [1.807, 2.05) is 0 Å². The average molecular weight is 313 g/mol. The van der Waals surface area contributed by atoms with Crippen molar-refractivity contribution >= 4 is 29.3 Å². The number of halogens is 2. The lowest BCUT2D eigenvalue weighted by atomic mass is 10.3. The summed E-state index contributed by atoms with van der Waals surface area (Å²) in [5.74, 6) is -1.71. The third-order valence-electron chi connectivity index (χ3n) is 2.42. The Kier molecular flexibility index (Phi) is 4.44. The SMILES string of the molecule is O=C(NCc1ccc(C(=O)O)o1)Nc1cc(F)cc(Cl)c1. The highest BCUT2D eigenvalue weighted by Crippen LogP contribution is 2.17. The topological polar surface area (TPSA) is 91.6 Å². The van der Waals surface area contributed by atoms with Gasteiger partial charge in [-0.1, -0.05) is 11.6 Å². The fraction of sp³-hybridized carbons (Fsp3) is 0.0769. The van der Waals surface area contributed by atoms with Gasteiger partial charge in [-0.25, -0.2) is 14.0 Å². The van der Waals surface area contributed by atoms with E-state index >= 15 is 0 Å². The first-order chi connectivity index (χ1) is 9.94. The van der Waals surface area contributed by atoms with Gasteiger partial charge in [-0.05, 0) is 30.3 Å². The zero-order valence-corrected chi connectivity index (χ0v) is 11.3. The molecule has 0 aliphatic heterocycles. The molecule has 0 unspecified atom stereocenters. The summed E-state index contributed by atoms with van der Waals surface area (Å²) in [5.41, 5.74) is 0.197. The van der Waals surface area contributed by atoms with E-state index in [4.69, 9.17) is 21.1 Å². The number of anilines is 1. The molecule has 1 aromatic heterocycles. The lowest BCUT2D eigenvalue weighted by Gasteiger charge is -2.07. The highest BCUT2D eigenvalue weighted by atomic mass is 35.5. The third kappa shape index (κ3) is 4.22. The Morgan fingerprint density at radius 3 is 2.67 bits per heavy atom. The van der Waals surface area contributed by atoms with Crippen LogP contribution in [0.5, 0.6) is 0 Å². The van der Waals surface area contributed by atoms with E-state index in [0.717, 1.165) is 12.1 Å². The summed E-state index contributed by atoms with van der Waals surface area (Å²) in [6, 6.07) is 5.72. The summed E-state index contributed by atoms with van der Waals surface area (Å²) in [6.45, 7) is -0.0117. The number of carbonyl (C=O) groups is 2. The molecule has 2 amide bonds. The third-order valence-corrected chi connectivity index (χ3v) is 2.63. The van der Waals surface area contributed by atoms with Crippen LogP contribution in [0.1, 0.15) is 16.3 Å². The average Bonchev–Trinajstić information content (AvgIpc) is 2.84. The quantitative estimate of drug-likeness (QED) is 0.809. The number of carboxylic acids is 1. The monoisotopic (exact) mass is 312 g/mol. The minimum absolute atomic E-state index is 0.0117. The summed E-state index contributed by atoms with van der Waals surface area (Å²) in [7, 11) is 0. The number of hydrogen-bond acceptors (Lipinski definition) is 3. The fourth-order valence-corrected chi connectivity index (χ4v) is 1.78. The van der Waals surface area contributed by atoms with Crippen molar-refractivity contribution in [1.82, 2.24) is 5.32 Å². The fourth-order valence-electron chi connectivity index (χ4n) is 1.56. The molecule has 0 fully saturated rings. The zero-order valence-electron chi connectivity index (χ0n) is 10.5. The predicted molar refractivity (Wildman–Crippen MR) is 72.9 cm³/mol. The van der Waals surface area contributed by atoms with E-state index < -0.39 is 17.8 Å². The number of nitrogens with one attached hydrogen (secondary N) is 2.